The third kappa shape index (κ3) is 2.73. The van der Waals surface area contributed by atoms with Gasteiger partial charge in [-0.3, -0.25) is 9.59 Å². The van der Waals surface area contributed by atoms with E-state index in [2.05, 4.69) is 4.98 Å². The van der Waals surface area contributed by atoms with E-state index in [4.69, 9.17) is 21.1 Å². The molecule has 1 aromatic heterocycles. The first-order chi connectivity index (χ1) is 11.4. The number of halogens is 1. The van der Waals surface area contributed by atoms with Gasteiger partial charge in [-0.2, -0.15) is 0 Å². The molecule has 0 spiro atoms. The number of hydrogen-bond donors (Lipinski definition) is 1. The maximum atomic E-state index is 12.8. The second-order valence-corrected chi connectivity index (χ2v) is 6.05. The summed E-state index contributed by atoms with van der Waals surface area (Å²) in [5.41, 5.74) is 2.18. The minimum Gasteiger partial charge on any atom is -0.495 e. The van der Waals surface area contributed by atoms with Crippen molar-refractivity contribution in [1.29, 1.82) is 0 Å². The third-order valence-electron chi connectivity index (χ3n) is 4.01. The first-order valence-electron chi connectivity index (χ1n) is 7.40. The van der Waals surface area contributed by atoms with E-state index in [9.17, 15) is 9.59 Å². The maximum absolute atomic E-state index is 12.8. The summed E-state index contributed by atoms with van der Waals surface area (Å²) >= 11 is 6.25. The number of nitrogens with one attached hydrogen (secondary N) is 1. The molecule has 3 rings (SSSR count). The van der Waals surface area contributed by atoms with Crippen molar-refractivity contribution in [1.82, 2.24) is 9.88 Å². The second kappa shape index (κ2) is 6.20. The normalized spacial score (nSPS) is 13.5. The van der Waals surface area contributed by atoms with E-state index >= 15 is 0 Å². The Morgan fingerprint density at radius 2 is 2.08 bits per heavy atom. The van der Waals surface area contributed by atoms with Crippen molar-refractivity contribution < 1.29 is 14.3 Å². The van der Waals surface area contributed by atoms with Crippen LogP contribution in [0.4, 0.5) is 0 Å². The summed E-state index contributed by atoms with van der Waals surface area (Å²) in [6, 6.07) is 5.17. The molecule has 0 radical (unpaired) electrons. The Kier molecular flexibility index (Phi) is 4.24. The van der Waals surface area contributed by atoms with E-state index < -0.39 is 0 Å². The van der Waals surface area contributed by atoms with Crippen molar-refractivity contribution in [3.63, 3.8) is 0 Å². The molecule has 0 bridgehead atoms. The van der Waals surface area contributed by atoms with Gasteiger partial charge in [0.05, 0.1) is 18.7 Å². The predicted octanol–water partition coefficient (Wildman–Crippen LogP) is 2.65. The SMILES string of the molecule is COc1ccc2c(c1Cl)C(=O)N(Cc1c(C)cc(C)[nH]c1=O)CO2. The van der Waals surface area contributed by atoms with Crippen molar-refractivity contribution in [2.24, 2.45) is 0 Å². The van der Waals surface area contributed by atoms with Crippen LogP contribution in [0.15, 0.2) is 23.0 Å². The number of H-pyrrole nitrogens is 1. The van der Waals surface area contributed by atoms with Gasteiger partial charge in [0.1, 0.15) is 17.1 Å². The molecule has 2 heterocycles. The first-order valence-corrected chi connectivity index (χ1v) is 7.78. The van der Waals surface area contributed by atoms with Crippen molar-refractivity contribution in [2.45, 2.75) is 20.4 Å². The number of nitrogens with zero attached hydrogens (tertiary/aromatic N) is 1. The molecule has 1 aliphatic rings. The van der Waals surface area contributed by atoms with Crippen molar-refractivity contribution in [3.05, 3.63) is 56.0 Å². The molecule has 1 amide bonds. The molecule has 126 valence electrons. The summed E-state index contributed by atoms with van der Waals surface area (Å²) in [7, 11) is 1.48. The van der Waals surface area contributed by atoms with Gasteiger partial charge in [-0.15, -0.1) is 0 Å². The van der Waals surface area contributed by atoms with E-state index in [-0.39, 0.29) is 35.3 Å². The number of methoxy groups -OCH3 is 1. The molecular formula is C17H17ClN2O4. The van der Waals surface area contributed by atoms with E-state index in [1.54, 1.807) is 12.1 Å². The van der Waals surface area contributed by atoms with E-state index in [1.807, 2.05) is 19.9 Å². The number of carbonyl (C=O) groups excluding carboxylic acids is 1. The second-order valence-electron chi connectivity index (χ2n) is 5.67. The Bertz CT molecular complexity index is 876. The summed E-state index contributed by atoms with van der Waals surface area (Å²) in [5.74, 6) is 0.523. The first kappa shape index (κ1) is 16.4. The predicted molar refractivity (Wildman–Crippen MR) is 89.9 cm³/mol. The van der Waals surface area contributed by atoms with Gasteiger partial charge in [0.25, 0.3) is 11.5 Å². The van der Waals surface area contributed by atoms with Crippen molar-refractivity contribution >= 4 is 17.5 Å². The number of aromatic amines is 1. The van der Waals surface area contributed by atoms with Gasteiger partial charge in [-0.1, -0.05) is 11.6 Å². The Balaban J connectivity index is 1.96. The lowest BCUT2D eigenvalue weighted by molar-refractivity contribution is 0.0496. The van der Waals surface area contributed by atoms with E-state index in [0.29, 0.717) is 17.1 Å². The summed E-state index contributed by atoms with van der Waals surface area (Å²) in [4.78, 5) is 29.2. The lowest BCUT2D eigenvalue weighted by Crippen LogP contribution is -2.40. The van der Waals surface area contributed by atoms with Gasteiger partial charge in [0, 0.05) is 11.3 Å². The quantitative estimate of drug-likeness (QED) is 0.925. The zero-order valence-corrected chi connectivity index (χ0v) is 14.4. The number of hydrogen-bond acceptors (Lipinski definition) is 4. The lowest BCUT2D eigenvalue weighted by atomic mass is 10.1. The van der Waals surface area contributed by atoms with Crippen LogP contribution in [0.3, 0.4) is 0 Å². The Hall–Kier alpha value is -2.47. The van der Waals surface area contributed by atoms with Crippen LogP contribution in [0.1, 0.15) is 27.2 Å². The highest BCUT2D eigenvalue weighted by molar-refractivity contribution is 6.35. The molecule has 1 aliphatic heterocycles. The van der Waals surface area contributed by atoms with Gasteiger partial charge in [-0.05, 0) is 37.6 Å². The zero-order chi connectivity index (χ0) is 17.4. The largest absolute Gasteiger partial charge is 0.495 e. The number of carbonyl (C=O) groups is 1. The van der Waals surface area contributed by atoms with Gasteiger partial charge < -0.3 is 19.4 Å². The van der Waals surface area contributed by atoms with Crippen LogP contribution in [0.2, 0.25) is 5.02 Å². The van der Waals surface area contributed by atoms with E-state index in [0.717, 1.165) is 11.3 Å². The maximum Gasteiger partial charge on any atom is 0.262 e. The van der Waals surface area contributed by atoms with Crippen LogP contribution in [0, 0.1) is 13.8 Å². The van der Waals surface area contributed by atoms with Crippen LogP contribution in [-0.4, -0.2) is 29.6 Å². The third-order valence-corrected chi connectivity index (χ3v) is 4.38. The Labute approximate surface area is 144 Å². The molecular weight excluding hydrogens is 332 g/mol. The average molecular weight is 349 g/mol. The fourth-order valence-electron chi connectivity index (χ4n) is 2.77. The Morgan fingerprint density at radius 1 is 1.33 bits per heavy atom. The molecule has 0 fully saturated rings. The topological polar surface area (TPSA) is 71.6 Å². The van der Waals surface area contributed by atoms with Gasteiger partial charge >= 0.3 is 0 Å². The number of pyridine rings is 1. The molecule has 6 nitrogen and oxygen atoms in total. The van der Waals surface area contributed by atoms with Crippen LogP contribution < -0.4 is 15.0 Å². The highest BCUT2D eigenvalue weighted by Gasteiger charge is 2.30. The number of benzene rings is 1. The standard InChI is InChI=1S/C17H17ClN2O4/c1-9-6-10(2)19-16(21)11(9)7-20-8-24-12-4-5-13(23-3)15(18)14(12)17(20)22/h4-6H,7-8H2,1-3H3,(H,19,21). The number of aromatic nitrogens is 1. The number of ether oxygens (including phenoxy) is 2. The monoisotopic (exact) mass is 348 g/mol. The van der Waals surface area contributed by atoms with Gasteiger partial charge in [-0.25, -0.2) is 0 Å². The lowest BCUT2D eigenvalue weighted by Gasteiger charge is -2.29. The van der Waals surface area contributed by atoms with Gasteiger partial charge in [0.2, 0.25) is 0 Å². The highest BCUT2D eigenvalue weighted by atomic mass is 35.5. The molecule has 0 aliphatic carbocycles. The Morgan fingerprint density at radius 3 is 2.75 bits per heavy atom. The molecule has 0 unspecified atom stereocenters. The fraction of sp³-hybridized carbons (Fsp3) is 0.294. The van der Waals surface area contributed by atoms with Crippen LogP contribution in [0.25, 0.3) is 0 Å². The number of amides is 1. The number of fused-ring (bicyclic) bond motifs is 1. The summed E-state index contributed by atoms with van der Waals surface area (Å²) < 4.78 is 10.8. The molecule has 1 aromatic carbocycles. The average Bonchev–Trinajstić information content (AvgIpc) is 2.52. The van der Waals surface area contributed by atoms with Crippen LogP contribution >= 0.6 is 11.6 Å². The van der Waals surface area contributed by atoms with Crippen molar-refractivity contribution in [3.8, 4) is 11.5 Å². The minimum atomic E-state index is -0.292. The molecule has 0 atom stereocenters. The molecule has 0 saturated carbocycles. The number of aryl methyl sites for hydroxylation is 2. The van der Waals surface area contributed by atoms with Crippen molar-refractivity contribution in [2.75, 3.05) is 13.8 Å². The van der Waals surface area contributed by atoms with Crippen LogP contribution in [-0.2, 0) is 6.54 Å². The molecule has 2 aromatic rings. The summed E-state index contributed by atoms with van der Waals surface area (Å²) in [5, 5.41) is 0.208. The summed E-state index contributed by atoms with van der Waals surface area (Å²) in [6.07, 6.45) is 0. The number of rotatable bonds is 3. The van der Waals surface area contributed by atoms with E-state index in [1.165, 1.54) is 12.0 Å². The fourth-order valence-corrected chi connectivity index (χ4v) is 3.08. The van der Waals surface area contributed by atoms with Crippen LogP contribution in [0.5, 0.6) is 11.5 Å². The minimum absolute atomic E-state index is 0.0568. The molecule has 1 N–H and O–H groups in total. The summed E-state index contributed by atoms with van der Waals surface area (Å²) in [6.45, 7) is 3.86. The molecule has 7 heteroatoms. The highest BCUT2D eigenvalue weighted by Crippen LogP contribution is 2.37. The van der Waals surface area contributed by atoms with Gasteiger partial charge in [0.15, 0.2) is 6.73 Å². The smallest absolute Gasteiger partial charge is 0.262 e. The molecule has 24 heavy (non-hydrogen) atoms. The molecule has 0 saturated heterocycles. The zero-order valence-electron chi connectivity index (χ0n) is 13.6.